The summed E-state index contributed by atoms with van der Waals surface area (Å²) in [7, 11) is 0. The van der Waals surface area contributed by atoms with Gasteiger partial charge in [-0.2, -0.15) is 0 Å². The van der Waals surface area contributed by atoms with Crippen molar-refractivity contribution in [1.29, 1.82) is 0 Å². The average Bonchev–Trinajstić information content (AvgIpc) is 2.33. The van der Waals surface area contributed by atoms with Gasteiger partial charge in [0.05, 0.1) is 5.97 Å². The lowest BCUT2D eigenvalue weighted by atomic mass is 10.2. The Labute approximate surface area is 112 Å². The van der Waals surface area contributed by atoms with Crippen molar-refractivity contribution in [2.45, 2.75) is 31.7 Å². The van der Waals surface area contributed by atoms with Crippen LogP contribution < -0.4 is 26.2 Å². The van der Waals surface area contributed by atoms with E-state index >= 15 is 0 Å². The number of carbonyl (C=O) groups is 5. The van der Waals surface area contributed by atoms with E-state index in [0.29, 0.717) is 0 Å². The molecular weight excluding hydrogens is 278 g/mol. The monoisotopic (exact) mass is 290 g/mol. The van der Waals surface area contributed by atoms with Crippen LogP contribution in [0.3, 0.4) is 0 Å². The van der Waals surface area contributed by atoms with Crippen LogP contribution in [-0.4, -0.2) is 35.7 Å². The molecule has 0 aromatic carbocycles. The maximum Gasteiger partial charge on any atom is 0.178 e. The van der Waals surface area contributed by atoms with E-state index in [4.69, 9.17) is 0 Å². The van der Waals surface area contributed by atoms with Gasteiger partial charge in [-0.1, -0.05) is 0 Å². The third-order valence-electron chi connectivity index (χ3n) is 1.81. The zero-order valence-corrected chi connectivity index (χ0v) is 10.3. The third kappa shape index (κ3) is 13.6. The first-order valence-electron chi connectivity index (χ1n) is 5.25. The van der Waals surface area contributed by atoms with Crippen LogP contribution in [-0.2, 0) is 24.0 Å². The number of rotatable bonds is 8. The van der Waals surface area contributed by atoms with Crippen molar-refractivity contribution in [2.24, 2.45) is 0 Å². The largest absolute Gasteiger partial charge is 0.550 e. The molecule has 0 aliphatic rings. The fraction of sp³-hybridized carbons (Fsp3) is 0.500. The molecule has 20 heavy (non-hydrogen) atoms. The maximum absolute atomic E-state index is 10.1. The quantitative estimate of drug-likeness (QED) is 0.420. The Morgan fingerprint density at radius 3 is 1.55 bits per heavy atom. The smallest absolute Gasteiger partial charge is 0.178 e. The lowest BCUT2D eigenvalue weighted by Crippen LogP contribution is -2.68. The van der Waals surface area contributed by atoms with E-state index in [2.05, 4.69) is 5.73 Å². The molecule has 0 saturated heterocycles. The van der Waals surface area contributed by atoms with Gasteiger partial charge in [-0.15, -0.1) is 0 Å². The number of hydrogen-bond donors (Lipinski definition) is 1. The van der Waals surface area contributed by atoms with E-state index in [9.17, 15) is 44.4 Å². The van der Waals surface area contributed by atoms with E-state index in [-0.39, 0.29) is 12.8 Å². The first-order chi connectivity index (χ1) is 9.07. The molecule has 3 N–H and O–H groups in total. The summed E-state index contributed by atoms with van der Waals surface area (Å²) in [5.74, 6) is -7.13. The van der Waals surface area contributed by atoms with Crippen LogP contribution in [0.4, 0.5) is 0 Å². The highest BCUT2D eigenvalue weighted by Gasteiger charge is 2.05. The second-order valence-corrected chi connectivity index (χ2v) is 3.51. The summed E-state index contributed by atoms with van der Waals surface area (Å²) >= 11 is 0. The molecule has 0 aliphatic heterocycles. The lowest BCUT2D eigenvalue weighted by Gasteiger charge is -2.08. The number of aliphatic carboxylic acids is 4. The Kier molecular flexibility index (Phi) is 10.4. The molecule has 0 fully saturated rings. The number of hydrogen-bond acceptors (Lipinski definition) is 9. The highest BCUT2D eigenvalue weighted by Crippen LogP contribution is 1.89. The molecule has 0 spiro atoms. The zero-order chi connectivity index (χ0) is 16.3. The number of Topliss-reactive ketones (excluding diaryl/α,β-unsaturated/α-hetero) is 1. The average molecular weight is 290 g/mol. The molecule has 0 aromatic heterocycles. The van der Waals surface area contributed by atoms with Gasteiger partial charge in [-0.3, -0.25) is 4.79 Å². The molecule has 0 saturated carbocycles. The summed E-state index contributed by atoms with van der Waals surface area (Å²) in [6.45, 7) is 0. The lowest BCUT2D eigenvalue weighted by molar-refractivity contribution is -0.438. The first-order valence-corrected chi connectivity index (χ1v) is 5.25. The second kappa shape index (κ2) is 10.4. The number of carboxylic acid groups (broad SMARTS) is 4. The second-order valence-electron chi connectivity index (χ2n) is 3.51. The van der Waals surface area contributed by atoms with Gasteiger partial charge in [-0.05, 0) is 12.8 Å². The van der Waals surface area contributed by atoms with Crippen molar-refractivity contribution in [3.8, 4) is 0 Å². The van der Waals surface area contributed by atoms with Crippen molar-refractivity contribution in [3.05, 3.63) is 0 Å². The topological polar surface area (TPSA) is 205 Å². The van der Waals surface area contributed by atoms with Gasteiger partial charge in [0.25, 0.3) is 0 Å². The summed E-state index contributed by atoms with van der Waals surface area (Å²) < 4.78 is 0. The van der Waals surface area contributed by atoms with Crippen LogP contribution in [0, 0.1) is 0 Å². The molecule has 0 aromatic rings. The summed E-state index contributed by atoms with van der Waals surface area (Å²) in [5, 5.41) is 39.0. The van der Waals surface area contributed by atoms with Crippen LogP contribution in [0.1, 0.15) is 25.7 Å². The SMILES string of the molecule is O=C([O-])CCC(=O)C(=O)[O-].[NH3+]C(CCC(=O)[O-])C(=O)[O-]. The van der Waals surface area contributed by atoms with Crippen molar-refractivity contribution >= 4 is 29.7 Å². The summed E-state index contributed by atoms with van der Waals surface area (Å²) in [5.41, 5.74) is 3.16. The van der Waals surface area contributed by atoms with Crippen molar-refractivity contribution < 1.29 is 50.1 Å². The van der Waals surface area contributed by atoms with E-state index in [1.807, 2.05) is 0 Å². The minimum absolute atomic E-state index is 0.0370. The summed E-state index contributed by atoms with van der Waals surface area (Å²) in [6, 6.07) is -0.960. The van der Waals surface area contributed by atoms with Gasteiger partial charge in [0.1, 0.15) is 12.0 Å². The number of ketones is 1. The van der Waals surface area contributed by atoms with Crippen molar-refractivity contribution in [2.75, 3.05) is 0 Å². The van der Waals surface area contributed by atoms with Crippen LogP contribution in [0.25, 0.3) is 0 Å². The Morgan fingerprint density at radius 1 is 0.800 bits per heavy atom. The van der Waals surface area contributed by atoms with Gasteiger partial charge in [0, 0.05) is 24.8 Å². The first kappa shape index (κ1) is 19.8. The molecule has 0 amide bonds. The standard InChI is InChI=1S/C5H9NO4.C5H6O5/c2*6-3(5(9)10)1-2-4(7)8/h3H,1-2,6H2,(H,7,8)(H,9,10);1-2H2,(H,7,8)(H,9,10)/p-3. The molecule has 0 heterocycles. The van der Waals surface area contributed by atoms with Crippen LogP contribution >= 0.6 is 0 Å². The summed E-state index contributed by atoms with van der Waals surface area (Å²) in [6.07, 6.45) is -1.47. The zero-order valence-electron chi connectivity index (χ0n) is 10.3. The van der Waals surface area contributed by atoms with Crippen LogP contribution in [0.2, 0.25) is 0 Å². The van der Waals surface area contributed by atoms with E-state index in [0.717, 1.165) is 0 Å². The van der Waals surface area contributed by atoms with E-state index in [1.165, 1.54) is 0 Å². The Hall–Kier alpha value is -2.49. The van der Waals surface area contributed by atoms with Gasteiger partial charge in [0.2, 0.25) is 0 Å². The molecule has 10 nitrogen and oxygen atoms in total. The molecule has 114 valence electrons. The fourth-order valence-electron chi connectivity index (χ4n) is 0.728. The summed E-state index contributed by atoms with van der Waals surface area (Å²) in [4.78, 5) is 49.1. The third-order valence-corrected chi connectivity index (χ3v) is 1.81. The van der Waals surface area contributed by atoms with Crippen molar-refractivity contribution in [1.82, 2.24) is 0 Å². The van der Waals surface area contributed by atoms with Gasteiger partial charge in [-0.25, -0.2) is 0 Å². The van der Waals surface area contributed by atoms with E-state index < -0.39 is 48.5 Å². The Morgan fingerprint density at radius 2 is 1.25 bits per heavy atom. The molecule has 0 aliphatic carbocycles. The van der Waals surface area contributed by atoms with Crippen LogP contribution in [0.15, 0.2) is 0 Å². The molecular formula is C10H12NO9-3. The highest BCUT2D eigenvalue weighted by atomic mass is 16.4. The van der Waals surface area contributed by atoms with Gasteiger partial charge >= 0.3 is 0 Å². The maximum atomic E-state index is 10.1. The minimum Gasteiger partial charge on any atom is -0.550 e. The molecule has 1 atom stereocenters. The molecule has 0 bridgehead atoms. The number of quaternary nitrogens is 1. The fourth-order valence-corrected chi connectivity index (χ4v) is 0.728. The Balaban J connectivity index is 0. The molecule has 0 rings (SSSR count). The highest BCUT2D eigenvalue weighted by molar-refractivity contribution is 6.31. The normalized spacial score (nSPS) is 10.7. The van der Waals surface area contributed by atoms with Gasteiger partial charge in [0.15, 0.2) is 5.78 Å². The van der Waals surface area contributed by atoms with E-state index in [1.54, 1.807) is 0 Å². The predicted molar refractivity (Wildman–Crippen MR) is 50.2 cm³/mol. The van der Waals surface area contributed by atoms with Crippen molar-refractivity contribution in [3.63, 3.8) is 0 Å². The van der Waals surface area contributed by atoms with Crippen LogP contribution in [0.5, 0.6) is 0 Å². The predicted octanol–water partition coefficient (Wildman–Crippen LogP) is -7.29. The molecule has 0 radical (unpaired) electrons. The minimum atomic E-state index is -1.86. The molecule has 10 heteroatoms. The van der Waals surface area contributed by atoms with Gasteiger partial charge < -0.3 is 45.3 Å². The number of carbonyl (C=O) groups excluding carboxylic acids is 5. The Bertz CT molecular complexity index is 390. The molecule has 1 unspecified atom stereocenters. The number of carboxylic acids is 4.